The number of nitrogens with one attached hydrogen (secondary N) is 1. The topological polar surface area (TPSA) is 34.1 Å². The molecule has 0 saturated carbocycles. The van der Waals surface area contributed by atoms with Gasteiger partial charge in [-0.2, -0.15) is 11.8 Å². The molecule has 0 radical (unpaired) electrons. The molecule has 3 unspecified atom stereocenters. The van der Waals surface area contributed by atoms with Crippen molar-refractivity contribution >= 4 is 11.8 Å². The summed E-state index contributed by atoms with van der Waals surface area (Å²) in [5.41, 5.74) is 1.43. The van der Waals surface area contributed by atoms with E-state index in [2.05, 4.69) is 23.3 Å². The number of hydrogen-bond donors (Lipinski definition) is 1. The Bertz CT molecular complexity index is 406. The van der Waals surface area contributed by atoms with Crippen LogP contribution < -0.4 is 5.32 Å². The van der Waals surface area contributed by atoms with E-state index in [1.165, 1.54) is 23.5 Å². The molecule has 0 aromatic carbocycles. The van der Waals surface area contributed by atoms with Crippen LogP contribution in [-0.2, 0) is 4.74 Å². The second-order valence-corrected chi connectivity index (χ2v) is 6.80. The standard InChI is InChI=1S/C15H22N2OS/c1-12(13-3-2-6-16-10-13)17-14-4-7-18-15(9-14)5-8-19-11-15/h2-3,6,10,12,14,17H,4-5,7-9,11H2,1H3. The van der Waals surface area contributed by atoms with E-state index >= 15 is 0 Å². The lowest BCUT2D eigenvalue weighted by molar-refractivity contribution is -0.0711. The Morgan fingerprint density at radius 1 is 1.58 bits per heavy atom. The highest BCUT2D eigenvalue weighted by Gasteiger charge is 2.40. The molecule has 1 spiro atoms. The van der Waals surface area contributed by atoms with E-state index in [0.29, 0.717) is 12.1 Å². The second kappa shape index (κ2) is 5.81. The monoisotopic (exact) mass is 278 g/mol. The third-order valence-electron chi connectivity index (χ3n) is 4.23. The minimum absolute atomic E-state index is 0.162. The predicted molar refractivity (Wildman–Crippen MR) is 79.4 cm³/mol. The number of nitrogens with zero attached hydrogens (tertiary/aromatic N) is 1. The summed E-state index contributed by atoms with van der Waals surface area (Å²) >= 11 is 2.03. The molecule has 0 amide bonds. The number of hydrogen-bond acceptors (Lipinski definition) is 4. The molecule has 19 heavy (non-hydrogen) atoms. The van der Waals surface area contributed by atoms with E-state index in [4.69, 9.17) is 4.74 Å². The number of ether oxygens (including phenoxy) is 1. The summed E-state index contributed by atoms with van der Waals surface area (Å²) < 4.78 is 6.07. The predicted octanol–water partition coefficient (Wildman–Crippen LogP) is 2.79. The van der Waals surface area contributed by atoms with E-state index in [-0.39, 0.29) is 5.60 Å². The molecule has 1 aromatic rings. The SMILES string of the molecule is CC(NC1CCOC2(CCSC2)C1)c1cccnc1. The third-order valence-corrected chi connectivity index (χ3v) is 5.45. The molecule has 3 rings (SSSR count). The van der Waals surface area contributed by atoms with Crippen LogP contribution >= 0.6 is 11.8 Å². The summed E-state index contributed by atoms with van der Waals surface area (Å²) in [7, 11) is 0. The highest BCUT2D eigenvalue weighted by Crippen LogP contribution is 2.38. The zero-order valence-corrected chi connectivity index (χ0v) is 12.3. The van der Waals surface area contributed by atoms with Gasteiger partial charge in [-0.1, -0.05) is 6.07 Å². The fourth-order valence-corrected chi connectivity index (χ4v) is 4.49. The zero-order valence-electron chi connectivity index (χ0n) is 11.5. The highest BCUT2D eigenvalue weighted by molar-refractivity contribution is 7.99. The molecule has 0 bridgehead atoms. The molecule has 3 heterocycles. The van der Waals surface area contributed by atoms with Crippen LogP contribution in [-0.4, -0.2) is 34.7 Å². The van der Waals surface area contributed by atoms with Crippen molar-refractivity contribution in [1.82, 2.24) is 10.3 Å². The van der Waals surface area contributed by atoms with Crippen LogP contribution in [0.15, 0.2) is 24.5 Å². The first-order valence-corrected chi connectivity index (χ1v) is 8.31. The molecule has 1 aromatic heterocycles. The van der Waals surface area contributed by atoms with Crippen molar-refractivity contribution in [1.29, 1.82) is 0 Å². The van der Waals surface area contributed by atoms with Gasteiger partial charge < -0.3 is 10.1 Å². The number of rotatable bonds is 3. The van der Waals surface area contributed by atoms with Crippen molar-refractivity contribution in [3.8, 4) is 0 Å². The maximum absolute atomic E-state index is 6.07. The maximum atomic E-state index is 6.07. The van der Waals surface area contributed by atoms with E-state index in [1.807, 2.05) is 30.2 Å². The minimum Gasteiger partial charge on any atom is -0.374 e. The molecular formula is C15H22N2OS. The molecule has 104 valence electrons. The van der Waals surface area contributed by atoms with Gasteiger partial charge in [0, 0.05) is 36.8 Å². The molecule has 2 fully saturated rings. The molecule has 2 saturated heterocycles. The molecule has 0 aliphatic carbocycles. The third kappa shape index (κ3) is 3.12. The van der Waals surface area contributed by atoms with Crippen LogP contribution in [0.1, 0.15) is 37.8 Å². The van der Waals surface area contributed by atoms with Crippen LogP contribution in [0.25, 0.3) is 0 Å². The number of aromatic nitrogens is 1. The van der Waals surface area contributed by atoms with Crippen LogP contribution in [0.4, 0.5) is 0 Å². The average molecular weight is 278 g/mol. The summed E-state index contributed by atoms with van der Waals surface area (Å²) in [6, 6.07) is 5.09. The van der Waals surface area contributed by atoms with Gasteiger partial charge in [-0.05, 0) is 43.6 Å². The summed E-state index contributed by atoms with van der Waals surface area (Å²) in [5, 5.41) is 3.76. The van der Waals surface area contributed by atoms with Gasteiger partial charge in [-0.3, -0.25) is 4.98 Å². The largest absolute Gasteiger partial charge is 0.374 e. The lowest BCUT2D eigenvalue weighted by Gasteiger charge is -2.39. The fraction of sp³-hybridized carbons (Fsp3) is 0.667. The Labute approximate surface area is 119 Å². The first-order valence-electron chi connectivity index (χ1n) is 7.15. The van der Waals surface area contributed by atoms with Crippen LogP contribution in [0.5, 0.6) is 0 Å². The smallest absolute Gasteiger partial charge is 0.0795 e. The summed E-state index contributed by atoms with van der Waals surface area (Å²) in [6.07, 6.45) is 7.28. The molecule has 1 N–H and O–H groups in total. The van der Waals surface area contributed by atoms with Gasteiger partial charge in [0.2, 0.25) is 0 Å². The Kier molecular flexibility index (Phi) is 4.10. The van der Waals surface area contributed by atoms with Gasteiger partial charge >= 0.3 is 0 Å². The minimum atomic E-state index is 0.162. The summed E-state index contributed by atoms with van der Waals surface area (Å²) in [4.78, 5) is 4.20. The average Bonchev–Trinajstić information content (AvgIpc) is 2.88. The fourth-order valence-electron chi connectivity index (χ4n) is 3.12. The molecule has 2 aliphatic heterocycles. The van der Waals surface area contributed by atoms with Crippen LogP contribution in [0.3, 0.4) is 0 Å². The lowest BCUT2D eigenvalue weighted by Crippen LogP contribution is -2.47. The quantitative estimate of drug-likeness (QED) is 0.922. The molecule has 4 heteroatoms. The van der Waals surface area contributed by atoms with Gasteiger partial charge in [0.15, 0.2) is 0 Å². The van der Waals surface area contributed by atoms with Crippen molar-refractivity contribution in [2.45, 2.75) is 43.9 Å². The number of thioether (sulfide) groups is 1. The Hall–Kier alpha value is -0.580. The first-order chi connectivity index (χ1) is 9.27. The Balaban J connectivity index is 1.60. The van der Waals surface area contributed by atoms with E-state index in [0.717, 1.165) is 19.4 Å². The molecule has 2 aliphatic rings. The van der Waals surface area contributed by atoms with Crippen molar-refractivity contribution in [3.63, 3.8) is 0 Å². The van der Waals surface area contributed by atoms with E-state index < -0.39 is 0 Å². The molecule has 3 nitrogen and oxygen atoms in total. The van der Waals surface area contributed by atoms with E-state index in [1.54, 1.807) is 0 Å². The first kappa shape index (κ1) is 13.4. The molecular weight excluding hydrogens is 256 g/mol. The lowest BCUT2D eigenvalue weighted by atomic mass is 9.89. The van der Waals surface area contributed by atoms with Crippen molar-refractivity contribution in [2.75, 3.05) is 18.1 Å². The summed E-state index contributed by atoms with van der Waals surface area (Å²) in [6.45, 7) is 3.13. The summed E-state index contributed by atoms with van der Waals surface area (Å²) in [5.74, 6) is 2.43. The Morgan fingerprint density at radius 2 is 2.53 bits per heavy atom. The van der Waals surface area contributed by atoms with Gasteiger partial charge in [0.25, 0.3) is 0 Å². The van der Waals surface area contributed by atoms with Gasteiger partial charge in [-0.25, -0.2) is 0 Å². The zero-order chi connectivity index (χ0) is 13.1. The van der Waals surface area contributed by atoms with Gasteiger partial charge in [0.1, 0.15) is 0 Å². The van der Waals surface area contributed by atoms with Gasteiger partial charge in [-0.15, -0.1) is 0 Å². The second-order valence-electron chi connectivity index (χ2n) is 5.70. The van der Waals surface area contributed by atoms with Crippen LogP contribution in [0, 0.1) is 0 Å². The van der Waals surface area contributed by atoms with Crippen molar-refractivity contribution in [3.05, 3.63) is 30.1 Å². The highest BCUT2D eigenvalue weighted by atomic mass is 32.2. The van der Waals surface area contributed by atoms with Crippen molar-refractivity contribution < 1.29 is 4.74 Å². The molecule has 3 atom stereocenters. The number of pyridine rings is 1. The van der Waals surface area contributed by atoms with Crippen LogP contribution in [0.2, 0.25) is 0 Å². The van der Waals surface area contributed by atoms with E-state index in [9.17, 15) is 0 Å². The Morgan fingerprint density at radius 3 is 3.26 bits per heavy atom. The van der Waals surface area contributed by atoms with Gasteiger partial charge in [0.05, 0.1) is 5.60 Å². The normalized spacial score (nSPS) is 32.6. The van der Waals surface area contributed by atoms with Crippen molar-refractivity contribution in [2.24, 2.45) is 0 Å². The maximum Gasteiger partial charge on any atom is 0.0795 e.